The standard InChI is InChI=1S/C23H31N3O4S/c1-28-19-13-17(14-20(29-2)22(19)30-3)15-25-23(27)18-7-8-21(24-16-18)31-12-11-26-9-5-4-6-10-26/h7-8,13-14,16H,4-6,9-12,15H2,1-3H3,(H,25,27). The first-order valence-electron chi connectivity index (χ1n) is 10.5. The molecule has 7 nitrogen and oxygen atoms in total. The number of aromatic nitrogens is 1. The number of likely N-dealkylation sites (tertiary alicyclic amines) is 1. The number of hydrogen-bond acceptors (Lipinski definition) is 7. The molecule has 0 spiro atoms. The molecule has 2 aromatic rings. The van der Waals surface area contributed by atoms with Gasteiger partial charge in [0.15, 0.2) is 11.5 Å². The van der Waals surface area contributed by atoms with E-state index in [1.54, 1.807) is 39.3 Å². The topological polar surface area (TPSA) is 72.9 Å². The van der Waals surface area contributed by atoms with Crippen LogP contribution in [0.3, 0.4) is 0 Å². The van der Waals surface area contributed by atoms with Crippen molar-refractivity contribution in [2.24, 2.45) is 0 Å². The van der Waals surface area contributed by atoms with Crippen LogP contribution in [-0.4, -0.2) is 62.5 Å². The molecule has 0 aliphatic carbocycles. The number of methoxy groups -OCH3 is 3. The van der Waals surface area contributed by atoms with Crippen LogP contribution in [-0.2, 0) is 6.54 Å². The number of amides is 1. The molecule has 2 heterocycles. The van der Waals surface area contributed by atoms with Crippen LogP contribution < -0.4 is 19.5 Å². The fourth-order valence-electron chi connectivity index (χ4n) is 3.58. The van der Waals surface area contributed by atoms with Gasteiger partial charge in [0, 0.05) is 25.0 Å². The minimum absolute atomic E-state index is 0.175. The van der Waals surface area contributed by atoms with Gasteiger partial charge in [0.1, 0.15) is 0 Å². The van der Waals surface area contributed by atoms with Crippen LogP contribution in [0.4, 0.5) is 0 Å². The van der Waals surface area contributed by atoms with Gasteiger partial charge in [-0.15, -0.1) is 11.8 Å². The molecule has 1 aromatic carbocycles. The summed E-state index contributed by atoms with van der Waals surface area (Å²) in [5, 5.41) is 3.86. The highest BCUT2D eigenvalue weighted by atomic mass is 32.2. The molecule has 8 heteroatoms. The van der Waals surface area contributed by atoms with E-state index in [9.17, 15) is 4.79 Å². The summed E-state index contributed by atoms with van der Waals surface area (Å²) in [4.78, 5) is 19.5. The monoisotopic (exact) mass is 445 g/mol. The van der Waals surface area contributed by atoms with Crippen LogP contribution in [0, 0.1) is 0 Å². The molecular weight excluding hydrogens is 414 g/mol. The first-order chi connectivity index (χ1) is 15.1. The zero-order valence-corrected chi connectivity index (χ0v) is 19.3. The van der Waals surface area contributed by atoms with Crippen LogP contribution >= 0.6 is 11.8 Å². The molecule has 1 N–H and O–H groups in total. The van der Waals surface area contributed by atoms with Crippen molar-refractivity contribution in [2.45, 2.75) is 30.8 Å². The molecule has 0 saturated carbocycles. The molecule has 0 bridgehead atoms. The van der Waals surface area contributed by atoms with Crippen LogP contribution in [0.5, 0.6) is 17.2 Å². The maximum absolute atomic E-state index is 12.5. The minimum atomic E-state index is -0.175. The Morgan fingerprint density at radius 1 is 1.06 bits per heavy atom. The third-order valence-corrected chi connectivity index (χ3v) is 6.21. The van der Waals surface area contributed by atoms with Crippen LogP contribution in [0.2, 0.25) is 0 Å². The van der Waals surface area contributed by atoms with Crippen molar-refractivity contribution >= 4 is 17.7 Å². The van der Waals surface area contributed by atoms with E-state index in [0.29, 0.717) is 29.4 Å². The second-order valence-corrected chi connectivity index (χ2v) is 8.47. The molecule has 1 amide bonds. The molecular formula is C23H31N3O4S. The van der Waals surface area contributed by atoms with Crippen LogP contribution in [0.25, 0.3) is 0 Å². The Morgan fingerprint density at radius 3 is 2.35 bits per heavy atom. The number of nitrogens with one attached hydrogen (secondary N) is 1. The van der Waals surface area contributed by atoms with E-state index >= 15 is 0 Å². The van der Waals surface area contributed by atoms with Gasteiger partial charge in [0.2, 0.25) is 5.75 Å². The molecule has 0 radical (unpaired) electrons. The summed E-state index contributed by atoms with van der Waals surface area (Å²) in [5.74, 6) is 2.47. The molecule has 0 atom stereocenters. The summed E-state index contributed by atoms with van der Waals surface area (Å²) in [6.07, 6.45) is 5.60. The molecule has 1 aliphatic heterocycles. The average Bonchev–Trinajstić information content (AvgIpc) is 2.82. The molecule has 1 saturated heterocycles. The number of ether oxygens (including phenoxy) is 3. The van der Waals surface area contributed by atoms with Gasteiger partial charge in [-0.25, -0.2) is 4.98 Å². The second kappa shape index (κ2) is 11.8. The first-order valence-corrected chi connectivity index (χ1v) is 11.5. The molecule has 3 rings (SSSR count). The number of carbonyl (C=O) groups excluding carboxylic acids is 1. The van der Waals surface area contributed by atoms with E-state index in [4.69, 9.17) is 14.2 Å². The van der Waals surface area contributed by atoms with Gasteiger partial charge in [-0.1, -0.05) is 6.42 Å². The van der Waals surface area contributed by atoms with Crippen molar-refractivity contribution in [2.75, 3.05) is 46.7 Å². The average molecular weight is 446 g/mol. The predicted octanol–water partition coefficient (Wildman–Crippen LogP) is 3.62. The van der Waals surface area contributed by atoms with Crippen molar-refractivity contribution in [3.8, 4) is 17.2 Å². The normalized spacial score (nSPS) is 14.2. The number of nitrogens with zero attached hydrogens (tertiary/aromatic N) is 2. The molecule has 31 heavy (non-hydrogen) atoms. The molecule has 0 unspecified atom stereocenters. The Balaban J connectivity index is 1.51. The lowest BCUT2D eigenvalue weighted by Gasteiger charge is -2.25. The predicted molar refractivity (Wildman–Crippen MR) is 123 cm³/mol. The lowest BCUT2D eigenvalue weighted by atomic mass is 10.1. The Labute approximate surface area is 188 Å². The van der Waals surface area contributed by atoms with Gasteiger partial charge >= 0.3 is 0 Å². The maximum Gasteiger partial charge on any atom is 0.253 e. The summed E-state index contributed by atoms with van der Waals surface area (Å²) in [6.45, 7) is 3.84. The van der Waals surface area contributed by atoms with Gasteiger partial charge in [-0.05, 0) is 55.8 Å². The second-order valence-electron chi connectivity index (χ2n) is 7.35. The largest absolute Gasteiger partial charge is 0.493 e. The van der Waals surface area contributed by atoms with Gasteiger partial charge in [0.25, 0.3) is 5.91 Å². The van der Waals surface area contributed by atoms with Gasteiger partial charge in [0.05, 0.1) is 31.9 Å². The zero-order chi connectivity index (χ0) is 22.1. The van der Waals surface area contributed by atoms with Crippen LogP contribution in [0.1, 0.15) is 35.2 Å². The summed E-state index contributed by atoms with van der Waals surface area (Å²) >= 11 is 1.73. The summed E-state index contributed by atoms with van der Waals surface area (Å²) in [7, 11) is 4.69. The van der Waals surface area contributed by atoms with Crippen molar-refractivity contribution in [1.82, 2.24) is 15.2 Å². The van der Waals surface area contributed by atoms with Crippen molar-refractivity contribution in [3.05, 3.63) is 41.6 Å². The van der Waals surface area contributed by atoms with Crippen molar-refractivity contribution in [3.63, 3.8) is 0 Å². The van der Waals surface area contributed by atoms with E-state index < -0.39 is 0 Å². The molecule has 168 valence electrons. The number of pyridine rings is 1. The zero-order valence-electron chi connectivity index (χ0n) is 18.5. The van der Waals surface area contributed by atoms with Crippen LogP contribution in [0.15, 0.2) is 35.5 Å². The maximum atomic E-state index is 12.5. The fraction of sp³-hybridized carbons (Fsp3) is 0.478. The minimum Gasteiger partial charge on any atom is -0.493 e. The molecule has 1 aliphatic rings. The van der Waals surface area contributed by atoms with Gasteiger partial charge < -0.3 is 24.4 Å². The number of thioether (sulfide) groups is 1. The van der Waals surface area contributed by atoms with E-state index in [-0.39, 0.29) is 5.91 Å². The highest BCUT2D eigenvalue weighted by molar-refractivity contribution is 7.99. The lowest BCUT2D eigenvalue weighted by molar-refractivity contribution is 0.0950. The summed E-state index contributed by atoms with van der Waals surface area (Å²) < 4.78 is 16.1. The first kappa shape index (κ1) is 23.2. The summed E-state index contributed by atoms with van der Waals surface area (Å²) in [6, 6.07) is 7.37. The van der Waals surface area contributed by atoms with Crippen molar-refractivity contribution in [1.29, 1.82) is 0 Å². The number of rotatable bonds is 10. The number of carbonyl (C=O) groups is 1. The highest BCUT2D eigenvalue weighted by Gasteiger charge is 2.14. The third kappa shape index (κ3) is 6.51. The van der Waals surface area contributed by atoms with Gasteiger partial charge in [-0.2, -0.15) is 0 Å². The van der Waals surface area contributed by atoms with Gasteiger partial charge in [-0.3, -0.25) is 4.79 Å². The third-order valence-electron chi connectivity index (χ3n) is 5.28. The number of hydrogen-bond donors (Lipinski definition) is 1. The lowest BCUT2D eigenvalue weighted by Crippen LogP contribution is -2.31. The van der Waals surface area contributed by atoms with E-state index in [0.717, 1.165) is 22.9 Å². The Kier molecular flexibility index (Phi) is 8.85. The SMILES string of the molecule is COc1cc(CNC(=O)c2ccc(SCCN3CCCCC3)nc2)cc(OC)c1OC. The van der Waals surface area contributed by atoms with E-state index in [1.807, 2.05) is 24.3 Å². The Hall–Kier alpha value is -2.45. The van der Waals surface area contributed by atoms with Crippen molar-refractivity contribution < 1.29 is 19.0 Å². The fourth-order valence-corrected chi connectivity index (χ4v) is 4.43. The van der Waals surface area contributed by atoms with E-state index in [2.05, 4.69) is 15.2 Å². The quantitative estimate of drug-likeness (QED) is 0.560. The smallest absolute Gasteiger partial charge is 0.253 e. The number of piperidine rings is 1. The molecule has 1 aromatic heterocycles. The number of benzene rings is 1. The summed E-state index contributed by atoms with van der Waals surface area (Å²) in [5.41, 5.74) is 1.38. The molecule has 1 fully saturated rings. The Morgan fingerprint density at radius 2 is 1.77 bits per heavy atom. The highest BCUT2D eigenvalue weighted by Crippen LogP contribution is 2.38. The van der Waals surface area contributed by atoms with E-state index in [1.165, 1.54) is 32.4 Å². The Bertz CT molecular complexity index is 829.